The molecule has 1 aromatic heterocycles. The van der Waals surface area contributed by atoms with Gasteiger partial charge < -0.3 is 4.90 Å². The molecule has 4 rings (SSSR count). The van der Waals surface area contributed by atoms with E-state index in [4.69, 9.17) is 11.6 Å². The molecule has 1 amide bonds. The average Bonchev–Trinajstić information content (AvgIpc) is 3.20. The second-order valence-corrected chi connectivity index (χ2v) is 9.40. The normalized spacial score (nSPS) is 21.7. The predicted octanol–water partition coefficient (Wildman–Crippen LogP) is 1.17. The lowest BCUT2D eigenvalue weighted by Crippen LogP contribution is -2.44. The minimum Gasteiger partial charge on any atom is -0.334 e. The molecule has 1 atom stereocenters. The third-order valence-corrected chi connectivity index (χ3v) is 6.66. The third-order valence-electron chi connectivity index (χ3n) is 4.66. The van der Waals surface area contributed by atoms with Crippen molar-refractivity contribution in [3.8, 4) is 11.4 Å². The molecule has 2 aliphatic rings. The number of sulfone groups is 1. The van der Waals surface area contributed by atoms with E-state index in [-0.39, 0.29) is 36.0 Å². The van der Waals surface area contributed by atoms with Crippen LogP contribution in [0.4, 0.5) is 0 Å². The number of rotatable bonds is 5. The molecule has 138 valence electrons. The van der Waals surface area contributed by atoms with Crippen LogP contribution in [-0.2, 0) is 21.2 Å². The van der Waals surface area contributed by atoms with Crippen molar-refractivity contribution in [3.05, 3.63) is 29.3 Å². The second kappa shape index (κ2) is 6.62. The summed E-state index contributed by atoms with van der Waals surface area (Å²) in [6.07, 6.45) is 2.34. The lowest BCUT2D eigenvalue weighted by Gasteiger charge is -2.28. The van der Waals surface area contributed by atoms with E-state index in [1.807, 2.05) is 0 Å². The summed E-state index contributed by atoms with van der Waals surface area (Å²) >= 11 is 5.87. The van der Waals surface area contributed by atoms with Gasteiger partial charge in [0.05, 0.1) is 11.5 Å². The Bertz CT molecular complexity index is 924. The number of amides is 1. The fourth-order valence-electron chi connectivity index (χ4n) is 3.28. The number of carbonyl (C=O) groups is 1. The van der Waals surface area contributed by atoms with Crippen LogP contribution in [0.2, 0.25) is 5.02 Å². The van der Waals surface area contributed by atoms with Crippen molar-refractivity contribution in [1.29, 1.82) is 0 Å². The van der Waals surface area contributed by atoms with Gasteiger partial charge in [-0.05, 0) is 48.7 Å². The van der Waals surface area contributed by atoms with Gasteiger partial charge in [0.2, 0.25) is 11.7 Å². The zero-order valence-corrected chi connectivity index (χ0v) is 15.5. The van der Waals surface area contributed by atoms with E-state index in [0.717, 1.165) is 18.4 Å². The molecule has 2 heterocycles. The smallest absolute Gasteiger partial charge is 0.246 e. The lowest BCUT2D eigenvalue weighted by atomic mass is 10.2. The first-order chi connectivity index (χ1) is 12.4. The maximum atomic E-state index is 12.8. The van der Waals surface area contributed by atoms with E-state index in [9.17, 15) is 13.2 Å². The summed E-state index contributed by atoms with van der Waals surface area (Å²) in [6, 6.07) is 6.94. The van der Waals surface area contributed by atoms with Gasteiger partial charge in [-0.3, -0.25) is 4.79 Å². The van der Waals surface area contributed by atoms with Crippen LogP contribution < -0.4 is 0 Å². The van der Waals surface area contributed by atoms with E-state index < -0.39 is 9.84 Å². The number of halogens is 1. The molecule has 2 fully saturated rings. The van der Waals surface area contributed by atoms with Crippen LogP contribution in [-0.4, -0.2) is 63.0 Å². The highest BCUT2D eigenvalue weighted by Crippen LogP contribution is 2.32. The van der Waals surface area contributed by atoms with Crippen molar-refractivity contribution >= 4 is 27.3 Å². The molecule has 0 radical (unpaired) electrons. The van der Waals surface area contributed by atoms with Crippen LogP contribution >= 0.6 is 11.6 Å². The molecule has 0 bridgehead atoms. The molecule has 10 heteroatoms. The van der Waals surface area contributed by atoms with Crippen LogP contribution in [0.1, 0.15) is 19.3 Å². The van der Waals surface area contributed by atoms with Gasteiger partial charge in [0.15, 0.2) is 9.84 Å². The van der Waals surface area contributed by atoms with E-state index in [0.29, 0.717) is 17.3 Å². The fraction of sp³-hybridized carbons (Fsp3) is 0.500. The topological polar surface area (TPSA) is 98.1 Å². The fourth-order valence-corrected chi connectivity index (χ4v) is 5.12. The largest absolute Gasteiger partial charge is 0.334 e. The predicted molar refractivity (Wildman–Crippen MR) is 95.2 cm³/mol. The van der Waals surface area contributed by atoms with Crippen LogP contribution in [0.3, 0.4) is 0 Å². The first-order valence-corrected chi connectivity index (χ1v) is 10.7. The molecule has 1 saturated carbocycles. The Balaban J connectivity index is 1.48. The van der Waals surface area contributed by atoms with Crippen molar-refractivity contribution in [2.24, 2.45) is 0 Å². The van der Waals surface area contributed by atoms with E-state index in [2.05, 4.69) is 15.4 Å². The molecular formula is C16H18ClN5O3S. The number of benzene rings is 1. The highest BCUT2D eigenvalue weighted by atomic mass is 35.5. The Hall–Kier alpha value is -2.00. The molecule has 1 saturated heterocycles. The molecule has 0 N–H and O–H groups in total. The van der Waals surface area contributed by atoms with Gasteiger partial charge in [-0.2, -0.15) is 4.80 Å². The standard InChI is InChI=1S/C16H18ClN5O3S/c17-12-3-1-11(2-4-12)16-18-20-21(19-16)9-15(23)22(13-5-6-13)14-7-8-26(24,25)10-14/h1-4,13-14H,5-10H2. The SMILES string of the molecule is O=C(Cn1nnc(-c2ccc(Cl)cc2)n1)N(C1CC1)C1CCS(=O)(=O)C1. The molecule has 8 nitrogen and oxygen atoms in total. The molecule has 1 aromatic carbocycles. The Morgan fingerprint density at radius 3 is 2.54 bits per heavy atom. The second-order valence-electron chi connectivity index (χ2n) is 6.74. The van der Waals surface area contributed by atoms with Gasteiger partial charge in [-0.25, -0.2) is 8.42 Å². The third kappa shape index (κ3) is 3.73. The zero-order chi connectivity index (χ0) is 18.3. The quantitative estimate of drug-likeness (QED) is 0.753. The van der Waals surface area contributed by atoms with Gasteiger partial charge in [0.25, 0.3) is 0 Å². The number of aromatic nitrogens is 4. The summed E-state index contributed by atoms with van der Waals surface area (Å²) in [6.45, 7) is -0.0480. The maximum absolute atomic E-state index is 12.8. The molecule has 0 spiro atoms. The Morgan fingerprint density at radius 2 is 1.92 bits per heavy atom. The van der Waals surface area contributed by atoms with Gasteiger partial charge in [0, 0.05) is 22.7 Å². The van der Waals surface area contributed by atoms with Crippen LogP contribution in [0.15, 0.2) is 24.3 Å². The number of hydrogen-bond acceptors (Lipinski definition) is 6. The maximum Gasteiger partial charge on any atom is 0.246 e. The van der Waals surface area contributed by atoms with Crippen molar-refractivity contribution in [1.82, 2.24) is 25.1 Å². The van der Waals surface area contributed by atoms with Crippen molar-refractivity contribution in [2.45, 2.75) is 37.9 Å². The number of hydrogen-bond donors (Lipinski definition) is 0. The Kier molecular flexibility index (Phi) is 4.44. The number of carbonyl (C=O) groups excluding carboxylic acids is 1. The lowest BCUT2D eigenvalue weighted by molar-refractivity contribution is -0.134. The van der Waals surface area contributed by atoms with Gasteiger partial charge in [0.1, 0.15) is 6.54 Å². The van der Waals surface area contributed by atoms with Gasteiger partial charge in [-0.15, -0.1) is 10.2 Å². The summed E-state index contributed by atoms with van der Waals surface area (Å²) in [5.41, 5.74) is 0.758. The minimum absolute atomic E-state index is 0.0480. The Labute approximate surface area is 156 Å². The van der Waals surface area contributed by atoms with Crippen molar-refractivity contribution in [2.75, 3.05) is 11.5 Å². The highest BCUT2D eigenvalue weighted by molar-refractivity contribution is 7.91. The first kappa shape index (κ1) is 17.4. The van der Waals surface area contributed by atoms with Crippen LogP contribution in [0.5, 0.6) is 0 Å². The summed E-state index contributed by atoms with van der Waals surface area (Å²) in [5, 5.41) is 12.8. The molecule has 1 aliphatic heterocycles. The van der Waals surface area contributed by atoms with E-state index >= 15 is 0 Å². The average molecular weight is 396 g/mol. The molecular weight excluding hydrogens is 378 g/mol. The summed E-state index contributed by atoms with van der Waals surface area (Å²) in [7, 11) is -3.04. The van der Waals surface area contributed by atoms with Crippen LogP contribution in [0, 0.1) is 0 Å². The first-order valence-electron chi connectivity index (χ1n) is 8.47. The van der Waals surface area contributed by atoms with E-state index in [1.165, 1.54) is 4.80 Å². The summed E-state index contributed by atoms with van der Waals surface area (Å²) in [4.78, 5) is 15.8. The Morgan fingerprint density at radius 1 is 1.19 bits per heavy atom. The highest BCUT2D eigenvalue weighted by Gasteiger charge is 2.42. The van der Waals surface area contributed by atoms with Gasteiger partial charge >= 0.3 is 0 Å². The van der Waals surface area contributed by atoms with Crippen molar-refractivity contribution < 1.29 is 13.2 Å². The number of tetrazole rings is 1. The molecule has 1 aliphatic carbocycles. The number of nitrogens with zero attached hydrogens (tertiary/aromatic N) is 5. The van der Waals surface area contributed by atoms with Crippen LogP contribution in [0.25, 0.3) is 11.4 Å². The molecule has 2 aromatic rings. The molecule has 1 unspecified atom stereocenters. The zero-order valence-electron chi connectivity index (χ0n) is 14.0. The summed E-state index contributed by atoms with van der Waals surface area (Å²) in [5.74, 6) is 0.456. The van der Waals surface area contributed by atoms with Crippen molar-refractivity contribution in [3.63, 3.8) is 0 Å². The van der Waals surface area contributed by atoms with E-state index in [1.54, 1.807) is 29.2 Å². The van der Waals surface area contributed by atoms with Gasteiger partial charge in [-0.1, -0.05) is 11.6 Å². The monoisotopic (exact) mass is 395 g/mol. The molecule has 26 heavy (non-hydrogen) atoms. The minimum atomic E-state index is -3.04. The summed E-state index contributed by atoms with van der Waals surface area (Å²) < 4.78 is 23.5.